The van der Waals surface area contributed by atoms with Crippen LogP contribution in [0.2, 0.25) is 0 Å². The van der Waals surface area contributed by atoms with Gasteiger partial charge in [0, 0.05) is 18.2 Å². The molecule has 3 nitrogen and oxygen atoms in total. The van der Waals surface area contributed by atoms with Gasteiger partial charge in [-0.3, -0.25) is 0 Å². The number of hydrogen-bond donors (Lipinski definition) is 1. The summed E-state index contributed by atoms with van der Waals surface area (Å²) in [5.74, 6) is 1.75. The van der Waals surface area contributed by atoms with Gasteiger partial charge in [-0.1, -0.05) is 32.9 Å². The van der Waals surface area contributed by atoms with Crippen LogP contribution in [0.25, 0.3) is 0 Å². The van der Waals surface area contributed by atoms with Crippen LogP contribution in [-0.2, 0) is 19.6 Å². The largest absolute Gasteiger partial charge is 0.486 e. The molecule has 0 saturated carbocycles. The van der Waals surface area contributed by atoms with Crippen LogP contribution in [0.3, 0.4) is 0 Å². The number of nitrogens with one attached hydrogen (secondary N) is 1. The molecular weight excluding hydrogens is 250 g/mol. The van der Waals surface area contributed by atoms with Gasteiger partial charge < -0.3 is 14.5 Å². The van der Waals surface area contributed by atoms with E-state index in [9.17, 15) is 0 Å². The zero-order chi connectivity index (χ0) is 14.4. The lowest BCUT2D eigenvalue weighted by molar-refractivity contribution is 0.270. The predicted octanol–water partition coefficient (Wildman–Crippen LogP) is 3.92. The Balaban J connectivity index is 1.87. The summed E-state index contributed by atoms with van der Waals surface area (Å²) < 4.78 is 11.3. The zero-order valence-electron chi connectivity index (χ0n) is 12.5. The standard InChI is InChI=1S/C17H23NO2/c1-4-14-6-5-7-16(8-14)20-12-17-9-15(11-19-17)10-18-13(2)3/h5-9,11,13,18H,4,10,12H2,1-3H3. The highest BCUT2D eigenvalue weighted by molar-refractivity contribution is 5.28. The summed E-state index contributed by atoms with van der Waals surface area (Å²) in [6, 6.07) is 10.7. The smallest absolute Gasteiger partial charge is 0.146 e. The molecule has 0 aliphatic rings. The summed E-state index contributed by atoms with van der Waals surface area (Å²) in [5.41, 5.74) is 2.43. The molecule has 0 amide bonds. The van der Waals surface area contributed by atoms with Crippen molar-refractivity contribution in [1.29, 1.82) is 0 Å². The molecule has 2 aromatic rings. The van der Waals surface area contributed by atoms with Crippen molar-refractivity contribution in [3.63, 3.8) is 0 Å². The third-order valence-corrected chi connectivity index (χ3v) is 3.11. The molecule has 0 atom stereocenters. The lowest BCUT2D eigenvalue weighted by Gasteiger charge is -2.06. The molecule has 2 rings (SSSR count). The topological polar surface area (TPSA) is 34.4 Å². The first-order valence-electron chi connectivity index (χ1n) is 7.18. The van der Waals surface area contributed by atoms with Gasteiger partial charge in [-0.15, -0.1) is 0 Å². The van der Waals surface area contributed by atoms with E-state index in [0.717, 1.165) is 30.0 Å². The molecule has 1 heterocycles. The van der Waals surface area contributed by atoms with Crippen LogP contribution < -0.4 is 10.1 Å². The third-order valence-electron chi connectivity index (χ3n) is 3.11. The molecule has 0 saturated heterocycles. The minimum Gasteiger partial charge on any atom is -0.486 e. The Morgan fingerprint density at radius 1 is 1.20 bits per heavy atom. The Bertz CT molecular complexity index is 531. The average Bonchev–Trinajstić information content (AvgIpc) is 2.91. The molecule has 20 heavy (non-hydrogen) atoms. The molecule has 1 aromatic heterocycles. The quantitative estimate of drug-likeness (QED) is 0.830. The number of benzene rings is 1. The van der Waals surface area contributed by atoms with E-state index in [-0.39, 0.29) is 0 Å². The van der Waals surface area contributed by atoms with Gasteiger partial charge in [0.2, 0.25) is 0 Å². The molecule has 0 aliphatic heterocycles. The van der Waals surface area contributed by atoms with E-state index in [1.807, 2.05) is 18.2 Å². The van der Waals surface area contributed by atoms with Crippen molar-refractivity contribution in [2.24, 2.45) is 0 Å². The van der Waals surface area contributed by atoms with Crippen molar-refractivity contribution in [2.45, 2.75) is 46.4 Å². The second kappa shape index (κ2) is 7.15. The number of ether oxygens (including phenoxy) is 1. The van der Waals surface area contributed by atoms with Gasteiger partial charge in [0.05, 0.1) is 6.26 Å². The Kier molecular flexibility index (Phi) is 5.24. The molecule has 108 valence electrons. The van der Waals surface area contributed by atoms with Crippen LogP contribution in [0, 0.1) is 0 Å². The van der Waals surface area contributed by atoms with Crippen LogP contribution in [0.1, 0.15) is 37.7 Å². The fourth-order valence-corrected chi connectivity index (χ4v) is 1.93. The third kappa shape index (κ3) is 4.42. The summed E-state index contributed by atoms with van der Waals surface area (Å²) in [5, 5.41) is 3.36. The van der Waals surface area contributed by atoms with Gasteiger partial charge in [-0.25, -0.2) is 0 Å². The highest BCUT2D eigenvalue weighted by Crippen LogP contribution is 2.16. The van der Waals surface area contributed by atoms with E-state index in [1.54, 1.807) is 6.26 Å². The molecule has 0 aliphatic carbocycles. The number of aryl methyl sites for hydroxylation is 1. The molecule has 0 radical (unpaired) electrons. The van der Waals surface area contributed by atoms with E-state index in [0.29, 0.717) is 12.6 Å². The monoisotopic (exact) mass is 273 g/mol. The lowest BCUT2D eigenvalue weighted by Crippen LogP contribution is -2.21. The van der Waals surface area contributed by atoms with Crippen LogP contribution in [-0.4, -0.2) is 6.04 Å². The van der Waals surface area contributed by atoms with E-state index in [2.05, 4.69) is 38.2 Å². The molecule has 1 N–H and O–H groups in total. The van der Waals surface area contributed by atoms with Gasteiger partial charge in [0.15, 0.2) is 0 Å². The maximum absolute atomic E-state index is 5.76. The predicted molar refractivity (Wildman–Crippen MR) is 80.8 cm³/mol. The van der Waals surface area contributed by atoms with E-state index in [1.165, 1.54) is 5.56 Å². The summed E-state index contributed by atoms with van der Waals surface area (Å²) in [6.45, 7) is 7.69. The minimum atomic E-state index is 0.467. The van der Waals surface area contributed by atoms with Gasteiger partial charge >= 0.3 is 0 Å². The SMILES string of the molecule is CCc1cccc(OCc2cc(CNC(C)C)co2)c1. The minimum absolute atomic E-state index is 0.467. The first-order valence-corrected chi connectivity index (χ1v) is 7.18. The van der Waals surface area contributed by atoms with Gasteiger partial charge in [-0.2, -0.15) is 0 Å². The second-order valence-electron chi connectivity index (χ2n) is 5.25. The fourth-order valence-electron chi connectivity index (χ4n) is 1.93. The van der Waals surface area contributed by atoms with Crippen molar-refractivity contribution in [3.05, 3.63) is 53.5 Å². The summed E-state index contributed by atoms with van der Waals surface area (Å²) in [4.78, 5) is 0. The summed E-state index contributed by atoms with van der Waals surface area (Å²) in [7, 11) is 0. The number of furan rings is 1. The molecule has 3 heteroatoms. The van der Waals surface area contributed by atoms with Crippen molar-refractivity contribution >= 4 is 0 Å². The van der Waals surface area contributed by atoms with Gasteiger partial charge in [0.25, 0.3) is 0 Å². The van der Waals surface area contributed by atoms with Crippen molar-refractivity contribution in [1.82, 2.24) is 5.32 Å². The van der Waals surface area contributed by atoms with E-state index >= 15 is 0 Å². The molecular formula is C17H23NO2. The van der Waals surface area contributed by atoms with Crippen molar-refractivity contribution in [3.8, 4) is 5.75 Å². The normalized spacial score (nSPS) is 11.0. The Hall–Kier alpha value is -1.74. The molecule has 0 unspecified atom stereocenters. The second-order valence-corrected chi connectivity index (χ2v) is 5.25. The van der Waals surface area contributed by atoms with Gasteiger partial charge in [-0.05, 0) is 30.2 Å². The van der Waals surface area contributed by atoms with Crippen LogP contribution in [0.5, 0.6) is 5.75 Å². The van der Waals surface area contributed by atoms with E-state index < -0.39 is 0 Å². The molecule has 0 spiro atoms. The highest BCUT2D eigenvalue weighted by atomic mass is 16.5. The molecule has 0 fully saturated rings. The first kappa shape index (κ1) is 14.7. The van der Waals surface area contributed by atoms with Crippen LogP contribution in [0.4, 0.5) is 0 Å². The van der Waals surface area contributed by atoms with Crippen molar-refractivity contribution in [2.75, 3.05) is 0 Å². The number of rotatable bonds is 7. The van der Waals surface area contributed by atoms with Crippen LogP contribution >= 0.6 is 0 Å². The Labute approximate surface area is 121 Å². The number of hydrogen-bond acceptors (Lipinski definition) is 3. The van der Waals surface area contributed by atoms with E-state index in [4.69, 9.17) is 9.15 Å². The maximum atomic E-state index is 5.76. The highest BCUT2D eigenvalue weighted by Gasteiger charge is 2.04. The maximum Gasteiger partial charge on any atom is 0.146 e. The Morgan fingerprint density at radius 3 is 2.80 bits per heavy atom. The molecule has 0 bridgehead atoms. The zero-order valence-corrected chi connectivity index (χ0v) is 12.5. The molecule has 1 aromatic carbocycles. The fraction of sp³-hybridized carbons (Fsp3) is 0.412. The van der Waals surface area contributed by atoms with Gasteiger partial charge in [0.1, 0.15) is 18.1 Å². The van der Waals surface area contributed by atoms with Crippen LogP contribution in [0.15, 0.2) is 41.0 Å². The summed E-state index contributed by atoms with van der Waals surface area (Å²) >= 11 is 0. The first-order chi connectivity index (χ1) is 9.67. The van der Waals surface area contributed by atoms with Crippen molar-refractivity contribution < 1.29 is 9.15 Å². The lowest BCUT2D eigenvalue weighted by atomic mass is 10.2. The average molecular weight is 273 g/mol. The Morgan fingerprint density at radius 2 is 2.05 bits per heavy atom. The summed E-state index contributed by atoms with van der Waals surface area (Å²) in [6.07, 6.45) is 2.81.